The zero-order valence-corrected chi connectivity index (χ0v) is 9.66. The standard InChI is InChI=1S/C12H18N2O2/c1-3-5-6-7-8-13-10-9-11(15)14(4-2)12(10)16/h1,10,13H,4-9H2,2H3. The number of nitrogens with one attached hydrogen (secondary N) is 1. The molecule has 4 nitrogen and oxygen atoms in total. The van der Waals surface area contributed by atoms with Gasteiger partial charge in [0.15, 0.2) is 0 Å². The minimum atomic E-state index is -0.321. The molecule has 4 heteroatoms. The minimum absolute atomic E-state index is 0.0753. The average molecular weight is 222 g/mol. The van der Waals surface area contributed by atoms with E-state index in [9.17, 15) is 9.59 Å². The van der Waals surface area contributed by atoms with Crippen LogP contribution in [0.15, 0.2) is 0 Å². The van der Waals surface area contributed by atoms with Gasteiger partial charge in [0.25, 0.3) is 0 Å². The van der Waals surface area contributed by atoms with E-state index in [1.165, 1.54) is 4.90 Å². The average Bonchev–Trinajstić information content (AvgIpc) is 2.53. The van der Waals surface area contributed by atoms with Crippen LogP contribution >= 0.6 is 0 Å². The van der Waals surface area contributed by atoms with Gasteiger partial charge in [-0.1, -0.05) is 0 Å². The van der Waals surface area contributed by atoms with E-state index in [1.807, 2.05) is 6.92 Å². The Kier molecular flexibility index (Phi) is 5.00. The predicted octanol–water partition coefficient (Wildman–Crippen LogP) is 0.527. The number of likely N-dealkylation sites (N-methyl/N-ethyl adjacent to an activating group) is 1. The van der Waals surface area contributed by atoms with Crippen LogP contribution in [0.1, 0.15) is 32.6 Å². The highest BCUT2D eigenvalue weighted by molar-refractivity contribution is 6.05. The Balaban J connectivity index is 2.26. The van der Waals surface area contributed by atoms with Crippen molar-refractivity contribution in [3.05, 3.63) is 0 Å². The number of carbonyl (C=O) groups is 2. The van der Waals surface area contributed by atoms with Crippen molar-refractivity contribution >= 4 is 11.8 Å². The number of unbranched alkanes of at least 4 members (excludes halogenated alkanes) is 2. The molecule has 0 spiro atoms. The molecule has 1 fully saturated rings. The summed E-state index contributed by atoms with van der Waals surface area (Å²) in [5.41, 5.74) is 0. The molecule has 1 aliphatic heterocycles. The lowest BCUT2D eigenvalue weighted by atomic mass is 10.2. The first-order chi connectivity index (χ1) is 7.70. The normalized spacial score (nSPS) is 20.2. The van der Waals surface area contributed by atoms with Gasteiger partial charge in [-0.15, -0.1) is 12.3 Å². The summed E-state index contributed by atoms with van der Waals surface area (Å²) >= 11 is 0. The van der Waals surface area contributed by atoms with E-state index in [-0.39, 0.29) is 17.9 Å². The van der Waals surface area contributed by atoms with Crippen LogP contribution in [0.2, 0.25) is 0 Å². The Hall–Kier alpha value is -1.34. The van der Waals surface area contributed by atoms with Crippen LogP contribution in [0.25, 0.3) is 0 Å². The summed E-state index contributed by atoms with van der Waals surface area (Å²) < 4.78 is 0. The van der Waals surface area contributed by atoms with Gasteiger partial charge < -0.3 is 5.32 Å². The number of imide groups is 1. The summed E-state index contributed by atoms with van der Waals surface area (Å²) in [6, 6.07) is -0.321. The zero-order chi connectivity index (χ0) is 12.0. The Labute approximate surface area is 96.4 Å². The van der Waals surface area contributed by atoms with Crippen LogP contribution in [-0.2, 0) is 9.59 Å². The predicted molar refractivity (Wildman–Crippen MR) is 61.5 cm³/mol. The molecule has 1 atom stereocenters. The number of nitrogens with zero attached hydrogens (tertiary/aromatic N) is 1. The van der Waals surface area contributed by atoms with E-state index in [0.29, 0.717) is 13.0 Å². The SMILES string of the molecule is C#CCCCCNC1CC(=O)N(CC)C1=O. The second-order valence-corrected chi connectivity index (χ2v) is 3.85. The van der Waals surface area contributed by atoms with Gasteiger partial charge in [0.05, 0.1) is 12.5 Å². The molecule has 0 aliphatic carbocycles. The molecular weight excluding hydrogens is 204 g/mol. The highest BCUT2D eigenvalue weighted by atomic mass is 16.2. The molecule has 0 aromatic heterocycles. The largest absolute Gasteiger partial charge is 0.305 e. The molecule has 0 bridgehead atoms. The fraction of sp³-hybridized carbons (Fsp3) is 0.667. The summed E-state index contributed by atoms with van der Waals surface area (Å²) in [4.78, 5) is 24.4. The van der Waals surface area contributed by atoms with E-state index < -0.39 is 0 Å². The second kappa shape index (κ2) is 6.29. The van der Waals surface area contributed by atoms with Crippen molar-refractivity contribution < 1.29 is 9.59 Å². The number of rotatable bonds is 6. The Bertz CT molecular complexity index is 307. The summed E-state index contributed by atoms with van der Waals surface area (Å²) in [6.07, 6.45) is 8.08. The summed E-state index contributed by atoms with van der Waals surface area (Å²) in [5.74, 6) is 2.40. The molecule has 0 aromatic carbocycles. The van der Waals surface area contributed by atoms with E-state index in [4.69, 9.17) is 6.42 Å². The molecule has 0 aromatic rings. The fourth-order valence-corrected chi connectivity index (χ4v) is 1.80. The summed E-state index contributed by atoms with van der Waals surface area (Å²) in [6.45, 7) is 3.01. The third-order valence-corrected chi connectivity index (χ3v) is 2.70. The molecule has 1 heterocycles. The van der Waals surface area contributed by atoms with Crippen molar-refractivity contribution in [1.29, 1.82) is 0 Å². The highest BCUT2D eigenvalue weighted by Gasteiger charge is 2.36. The molecule has 88 valence electrons. The molecule has 2 amide bonds. The van der Waals surface area contributed by atoms with Crippen LogP contribution in [0, 0.1) is 12.3 Å². The van der Waals surface area contributed by atoms with Crippen molar-refractivity contribution in [3.63, 3.8) is 0 Å². The summed E-state index contributed by atoms with van der Waals surface area (Å²) in [7, 11) is 0. The third kappa shape index (κ3) is 3.07. The molecule has 1 aliphatic rings. The van der Waals surface area contributed by atoms with E-state index in [0.717, 1.165) is 25.8 Å². The van der Waals surface area contributed by atoms with Crippen molar-refractivity contribution in [2.45, 2.75) is 38.6 Å². The first-order valence-electron chi connectivity index (χ1n) is 5.71. The van der Waals surface area contributed by atoms with Gasteiger partial charge in [-0.05, 0) is 26.3 Å². The quantitative estimate of drug-likeness (QED) is 0.405. The molecule has 0 saturated carbocycles. The molecule has 1 rings (SSSR count). The van der Waals surface area contributed by atoms with Gasteiger partial charge in [-0.3, -0.25) is 14.5 Å². The maximum absolute atomic E-state index is 11.7. The molecule has 16 heavy (non-hydrogen) atoms. The Morgan fingerprint density at radius 1 is 1.50 bits per heavy atom. The molecule has 1 unspecified atom stereocenters. The van der Waals surface area contributed by atoms with Crippen LogP contribution in [0.3, 0.4) is 0 Å². The molecule has 1 saturated heterocycles. The van der Waals surface area contributed by atoms with Gasteiger partial charge >= 0.3 is 0 Å². The van der Waals surface area contributed by atoms with Gasteiger partial charge in [-0.2, -0.15) is 0 Å². The molecule has 0 radical (unpaired) electrons. The fourth-order valence-electron chi connectivity index (χ4n) is 1.80. The number of terminal acetylenes is 1. The smallest absolute Gasteiger partial charge is 0.246 e. The van der Waals surface area contributed by atoms with Crippen LogP contribution in [0.4, 0.5) is 0 Å². The van der Waals surface area contributed by atoms with Crippen molar-refractivity contribution in [3.8, 4) is 12.3 Å². The second-order valence-electron chi connectivity index (χ2n) is 3.85. The maximum Gasteiger partial charge on any atom is 0.246 e. The first kappa shape index (κ1) is 12.7. The van der Waals surface area contributed by atoms with Crippen molar-refractivity contribution in [2.75, 3.05) is 13.1 Å². The number of amides is 2. The van der Waals surface area contributed by atoms with Crippen molar-refractivity contribution in [1.82, 2.24) is 10.2 Å². The van der Waals surface area contributed by atoms with E-state index in [1.54, 1.807) is 0 Å². The molecule has 1 N–H and O–H groups in total. The lowest BCUT2D eigenvalue weighted by Crippen LogP contribution is -2.39. The van der Waals surface area contributed by atoms with Crippen LogP contribution in [0.5, 0.6) is 0 Å². The zero-order valence-electron chi connectivity index (χ0n) is 9.66. The van der Waals surface area contributed by atoms with Gasteiger partial charge in [0.2, 0.25) is 11.8 Å². The monoisotopic (exact) mass is 222 g/mol. The van der Waals surface area contributed by atoms with E-state index in [2.05, 4.69) is 11.2 Å². The van der Waals surface area contributed by atoms with Crippen molar-refractivity contribution in [2.24, 2.45) is 0 Å². The number of likely N-dealkylation sites (tertiary alicyclic amines) is 1. The number of carbonyl (C=O) groups excluding carboxylic acids is 2. The summed E-state index contributed by atoms with van der Waals surface area (Å²) in [5, 5.41) is 3.10. The molecular formula is C12H18N2O2. The Morgan fingerprint density at radius 2 is 2.25 bits per heavy atom. The van der Waals surface area contributed by atoms with E-state index >= 15 is 0 Å². The lowest BCUT2D eigenvalue weighted by molar-refractivity contribution is -0.138. The topological polar surface area (TPSA) is 49.4 Å². The Morgan fingerprint density at radius 3 is 2.81 bits per heavy atom. The van der Waals surface area contributed by atoms with Crippen LogP contribution in [-0.4, -0.2) is 35.8 Å². The minimum Gasteiger partial charge on any atom is -0.305 e. The number of hydrogen-bond acceptors (Lipinski definition) is 3. The first-order valence-corrected chi connectivity index (χ1v) is 5.71. The van der Waals surface area contributed by atoms with Crippen LogP contribution < -0.4 is 5.32 Å². The maximum atomic E-state index is 11.7. The number of hydrogen-bond donors (Lipinski definition) is 1. The van der Waals surface area contributed by atoms with Gasteiger partial charge in [0.1, 0.15) is 0 Å². The van der Waals surface area contributed by atoms with Gasteiger partial charge in [-0.25, -0.2) is 0 Å². The highest BCUT2D eigenvalue weighted by Crippen LogP contribution is 2.12. The van der Waals surface area contributed by atoms with Gasteiger partial charge in [0, 0.05) is 13.0 Å². The lowest BCUT2D eigenvalue weighted by Gasteiger charge is -2.12. The third-order valence-electron chi connectivity index (χ3n) is 2.70.